The molecule has 0 radical (unpaired) electrons. The van der Waals surface area contributed by atoms with Crippen LogP contribution in [0.2, 0.25) is 0 Å². The van der Waals surface area contributed by atoms with Gasteiger partial charge in [0, 0.05) is 37.1 Å². The largest absolute Gasteiger partial charge is 0.416 e. The zero-order valence-electron chi connectivity index (χ0n) is 19.6. The van der Waals surface area contributed by atoms with Gasteiger partial charge in [-0.2, -0.15) is 13.2 Å². The quantitative estimate of drug-likeness (QED) is 0.598. The Morgan fingerprint density at radius 3 is 2.64 bits per heavy atom. The van der Waals surface area contributed by atoms with Crippen LogP contribution in [0.1, 0.15) is 24.6 Å². The van der Waals surface area contributed by atoms with Gasteiger partial charge < -0.3 is 10.6 Å². The van der Waals surface area contributed by atoms with Gasteiger partial charge in [0.05, 0.1) is 24.3 Å². The molecule has 7 nitrogen and oxygen atoms in total. The molecule has 2 N–H and O–H groups in total. The average molecular weight is 508 g/mol. The van der Waals surface area contributed by atoms with Crippen molar-refractivity contribution in [1.29, 1.82) is 0 Å². The minimum Gasteiger partial charge on any atom is -0.352 e. The second-order valence-corrected chi connectivity index (χ2v) is 9.55. The monoisotopic (exact) mass is 507 g/mol. The lowest BCUT2D eigenvalue weighted by Crippen LogP contribution is -2.69. The summed E-state index contributed by atoms with van der Waals surface area (Å²) in [5, 5.41) is 6.19. The SMILES string of the molecule is CC1(N2CC(F)(F)C2)N=C(Nc2cc(C(F)(F)F)ccn2)C=C(C2CCN(Cc3ccccn3)C2)N1. The topological polar surface area (TPSA) is 68.7 Å². The minimum absolute atomic E-state index is 0.0273. The summed E-state index contributed by atoms with van der Waals surface area (Å²) in [7, 11) is 0. The van der Waals surface area contributed by atoms with E-state index in [1.165, 1.54) is 4.90 Å². The van der Waals surface area contributed by atoms with E-state index in [9.17, 15) is 22.0 Å². The number of halogens is 5. The van der Waals surface area contributed by atoms with Crippen molar-refractivity contribution >= 4 is 11.7 Å². The van der Waals surface area contributed by atoms with Crippen molar-refractivity contribution in [3.63, 3.8) is 0 Å². The van der Waals surface area contributed by atoms with Gasteiger partial charge in [-0.15, -0.1) is 0 Å². The van der Waals surface area contributed by atoms with Crippen LogP contribution in [0, 0.1) is 5.92 Å². The van der Waals surface area contributed by atoms with Crippen LogP contribution in [0.5, 0.6) is 0 Å². The molecule has 192 valence electrons. The summed E-state index contributed by atoms with van der Waals surface area (Å²) in [6.45, 7) is 3.01. The highest BCUT2D eigenvalue weighted by Gasteiger charge is 2.52. The average Bonchev–Trinajstić information content (AvgIpc) is 3.26. The molecule has 0 bridgehead atoms. The Kier molecular flexibility index (Phi) is 6.19. The molecule has 0 aliphatic carbocycles. The van der Waals surface area contributed by atoms with Gasteiger partial charge in [-0.3, -0.25) is 14.8 Å². The molecule has 2 atom stereocenters. The van der Waals surface area contributed by atoms with Crippen LogP contribution in [0.4, 0.5) is 27.8 Å². The molecule has 3 aliphatic heterocycles. The smallest absolute Gasteiger partial charge is 0.352 e. The number of hydrogen-bond acceptors (Lipinski definition) is 7. The van der Waals surface area contributed by atoms with E-state index in [0.717, 1.165) is 49.2 Å². The highest BCUT2D eigenvalue weighted by molar-refractivity contribution is 6.04. The van der Waals surface area contributed by atoms with Gasteiger partial charge >= 0.3 is 6.18 Å². The molecule has 2 aromatic rings. The number of nitrogens with one attached hydrogen (secondary N) is 2. The molecule has 12 heteroatoms. The Morgan fingerprint density at radius 2 is 1.94 bits per heavy atom. The van der Waals surface area contributed by atoms with E-state index < -0.39 is 36.5 Å². The summed E-state index contributed by atoms with van der Waals surface area (Å²) in [6, 6.07) is 7.55. The Bertz CT molecular complexity index is 1160. The Hall–Kier alpha value is -3.12. The van der Waals surface area contributed by atoms with E-state index in [2.05, 4.69) is 30.5 Å². The van der Waals surface area contributed by atoms with E-state index in [4.69, 9.17) is 0 Å². The normalized spacial score (nSPS) is 26.6. The van der Waals surface area contributed by atoms with Gasteiger partial charge in [0.2, 0.25) is 0 Å². The third kappa shape index (κ3) is 5.34. The number of amidine groups is 1. The van der Waals surface area contributed by atoms with Crippen LogP contribution in [0.3, 0.4) is 0 Å². The first-order valence-corrected chi connectivity index (χ1v) is 11.6. The van der Waals surface area contributed by atoms with Gasteiger partial charge in [-0.1, -0.05) is 6.07 Å². The van der Waals surface area contributed by atoms with Crippen LogP contribution in [-0.4, -0.2) is 63.5 Å². The summed E-state index contributed by atoms with van der Waals surface area (Å²) in [4.78, 5) is 16.7. The maximum absolute atomic E-state index is 13.7. The van der Waals surface area contributed by atoms with Crippen LogP contribution in [0.15, 0.2) is 59.5 Å². The van der Waals surface area contributed by atoms with E-state index in [-0.39, 0.29) is 17.6 Å². The molecule has 3 aliphatic rings. The number of anilines is 1. The number of aromatic nitrogens is 2. The molecule has 5 rings (SSSR count). The first-order chi connectivity index (χ1) is 17.0. The van der Waals surface area contributed by atoms with Crippen molar-refractivity contribution in [2.75, 3.05) is 31.5 Å². The standard InChI is InChI=1S/C24H26F5N7/c1-22(36-14-23(25,26)15-36)33-19(16-6-9-35(12-16)13-18-4-2-3-7-30-18)11-21(34-22)32-20-10-17(5-8-31-20)24(27,28)29/h2-5,7-8,10-11,16,33H,6,9,12-15H2,1H3,(H,31,32,34). The number of rotatable bonds is 5. The van der Waals surface area contributed by atoms with Crippen molar-refractivity contribution in [1.82, 2.24) is 25.1 Å². The molecule has 0 aromatic carbocycles. The van der Waals surface area contributed by atoms with Crippen LogP contribution >= 0.6 is 0 Å². The predicted molar refractivity (Wildman–Crippen MR) is 124 cm³/mol. The highest BCUT2D eigenvalue weighted by Crippen LogP contribution is 2.36. The fourth-order valence-electron chi connectivity index (χ4n) is 4.76. The fraction of sp³-hybridized carbons (Fsp3) is 0.458. The molecule has 0 saturated carbocycles. The zero-order chi connectivity index (χ0) is 25.6. The van der Waals surface area contributed by atoms with Crippen molar-refractivity contribution < 1.29 is 22.0 Å². The molecule has 36 heavy (non-hydrogen) atoms. The van der Waals surface area contributed by atoms with Gasteiger partial charge in [0.25, 0.3) is 5.92 Å². The van der Waals surface area contributed by atoms with Gasteiger partial charge in [-0.25, -0.2) is 18.8 Å². The Balaban J connectivity index is 1.37. The summed E-state index contributed by atoms with van der Waals surface area (Å²) >= 11 is 0. The molecule has 2 saturated heterocycles. The predicted octanol–water partition coefficient (Wildman–Crippen LogP) is 3.94. The maximum Gasteiger partial charge on any atom is 0.416 e. The summed E-state index contributed by atoms with van der Waals surface area (Å²) in [5.41, 5.74) is 0.904. The summed E-state index contributed by atoms with van der Waals surface area (Å²) < 4.78 is 66.9. The Morgan fingerprint density at radius 1 is 1.14 bits per heavy atom. The zero-order valence-corrected chi connectivity index (χ0v) is 19.6. The molecule has 2 aromatic heterocycles. The first-order valence-electron chi connectivity index (χ1n) is 11.6. The van der Waals surface area contributed by atoms with Crippen molar-refractivity contribution in [2.45, 2.75) is 37.8 Å². The molecule has 2 fully saturated rings. The lowest BCUT2D eigenvalue weighted by molar-refractivity contribution is -0.170. The van der Waals surface area contributed by atoms with Crippen molar-refractivity contribution in [3.8, 4) is 0 Å². The number of aliphatic imine (C=N–C) groups is 1. The number of hydrogen-bond donors (Lipinski definition) is 2. The number of pyridine rings is 2. The summed E-state index contributed by atoms with van der Waals surface area (Å²) in [6.07, 6.45) is 0.857. The molecule has 0 spiro atoms. The summed E-state index contributed by atoms with van der Waals surface area (Å²) in [5.74, 6) is -3.68. The van der Waals surface area contributed by atoms with Crippen molar-refractivity contribution in [2.24, 2.45) is 10.9 Å². The minimum atomic E-state index is -4.52. The highest BCUT2D eigenvalue weighted by atomic mass is 19.4. The van der Waals surface area contributed by atoms with Crippen molar-refractivity contribution in [3.05, 3.63) is 65.8 Å². The second kappa shape index (κ2) is 9.07. The molecular formula is C24H26F5N7. The first kappa shape index (κ1) is 24.6. The Labute approximate surface area is 205 Å². The van der Waals surface area contributed by atoms with Gasteiger partial charge in [0.15, 0.2) is 5.79 Å². The molecule has 2 unspecified atom stereocenters. The number of alkyl halides is 5. The fourth-order valence-corrected chi connectivity index (χ4v) is 4.76. The lowest BCUT2D eigenvalue weighted by Gasteiger charge is -2.50. The molecule has 5 heterocycles. The van der Waals surface area contributed by atoms with E-state index >= 15 is 0 Å². The molecular weight excluding hydrogens is 481 g/mol. The van der Waals surface area contributed by atoms with E-state index in [1.54, 1.807) is 19.2 Å². The maximum atomic E-state index is 13.7. The van der Waals surface area contributed by atoms with Gasteiger partial charge in [0.1, 0.15) is 11.7 Å². The van der Waals surface area contributed by atoms with Crippen LogP contribution < -0.4 is 10.6 Å². The second-order valence-electron chi connectivity index (χ2n) is 9.55. The number of nitrogens with zero attached hydrogens (tertiary/aromatic N) is 5. The molecule has 0 amide bonds. The van der Waals surface area contributed by atoms with E-state index in [0.29, 0.717) is 6.54 Å². The van der Waals surface area contributed by atoms with Crippen LogP contribution in [0.25, 0.3) is 0 Å². The van der Waals surface area contributed by atoms with Gasteiger partial charge in [-0.05, 0) is 50.2 Å². The number of likely N-dealkylation sites (tertiary alicyclic amines) is 2. The van der Waals surface area contributed by atoms with E-state index in [1.807, 2.05) is 18.2 Å². The third-order valence-electron chi connectivity index (χ3n) is 6.64. The lowest BCUT2D eigenvalue weighted by atomic mass is 10.00. The third-order valence-corrected chi connectivity index (χ3v) is 6.64. The van der Waals surface area contributed by atoms with Crippen LogP contribution in [-0.2, 0) is 12.7 Å².